The summed E-state index contributed by atoms with van der Waals surface area (Å²) < 4.78 is 12.1. The number of hydrogen-bond donors (Lipinski definition) is 0. The molecule has 5 saturated carbocycles. The lowest BCUT2D eigenvalue weighted by atomic mass is 9.64. The van der Waals surface area contributed by atoms with Crippen LogP contribution < -0.4 is 0 Å². The normalized spacial score (nSPS) is 44.9. The molecule has 5 fully saturated rings. The van der Waals surface area contributed by atoms with Gasteiger partial charge in [0.25, 0.3) is 0 Å². The van der Waals surface area contributed by atoms with E-state index in [0.29, 0.717) is 35.5 Å². The number of carbonyl (C=O) groups excluding carboxylic acids is 2. The Kier molecular flexibility index (Phi) is 4.95. The van der Waals surface area contributed by atoms with Gasteiger partial charge in [-0.25, -0.2) is 0 Å². The fraction of sp³-hybridized carbons (Fsp3) is 0.846. The fourth-order valence-corrected chi connectivity index (χ4v) is 8.53. The molecule has 6 aliphatic carbocycles. The second kappa shape index (κ2) is 7.67. The number of hydrogen-bond acceptors (Lipinski definition) is 4. The number of rotatable bonds is 4. The Balaban J connectivity index is 1.23. The highest BCUT2D eigenvalue weighted by molar-refractivity contribution is 5.84. The van der Waals surface area contributed by atoms with Crippen LogP contribution in [0.1, 0.15) is 77.0 Å². The van der Waals surface area contributed by atoms with E-state index < -0.39 is 0 Å². The van der Waals surface area contributed by atoms with Gasteiger partial charge in [-0.3, -0.25) is 9.59 Å². The third-order valence-corrected chi connectivity index (χ3v) is 9.64. The summed E-state index contributed by atoms with van der Waals surface area (Å²) in [6.45, 7) is 0. The predicted octanol–water partition coefficient (Wildman–Crippen LogP) is 5.06. The van der Waals surface area contributed by atoms with Crippen molar-refractivity contribution in [3.63, 3.8) is 0 Å². The van der Waals surface area contributed by atoms with E-state index in [1.165, 1.54) is 19.3 Å². The highest BCUT2D eigenvalue weighted by atomic mass is 16.6. The smallest absolute Gasteiger partial charge is 0.310 e. The van der Waals surface area contributed by atoms with E-state index >= 15 is 0 Å². The Morgan fingerprint density at radius 2 is 1.03 bits per heavy atom. The largest absolute Gasteiger partial charge is 0.462 e. The van der Waals surface area contributed by atoms with Gasteiger partial charge in [0.1, 0.15) is 12.2 Å². The van der Waals surface area contributed by atoms with Crippen molar-refractivity contribution < 1.29 is 19.1 Å². The molecule has 0 N–H and O–H groups in total. The Morgan fingerprint density at radius 3 is 1.47 bits per heavy atom. The van der Waals surface area contributed by atoms with E-state index in [2.05, 4.69) is 12.2 Å². The first-order valence-electron chi connectivity index (χ1n) is 12.8. The van der Waals surface area contributed by atoms with E-state index in [1.54, 1.807) is 0 Å². The van der Waals surface area contributed by atoms with E-state index in [4.69, 9.17) is 9.47 Å². The number of carbonyl (C=O) groups is 2. The number of fused-ring (bicyclic) bond motifs is 9. The summed E-state index contributed by atoms with van der Waals surface area (Å²) in [5, 5.41) is 0. The van der Waals surface area contributed by atoms with Gasteiger partial charge in [0.2, 0.25) is 0 Å². The van der Waals surface area contributed by atoms with E-state index in [1.807, 2.05) is 0 Å². The SMILES string of the molecule is O=C(OC1CCCCC1)C1C2CC(C1C(=O)OC1CCCCC1)C1C3C=CC(C3)C21. The van der Waals surface area contributed by atoms with Crippen LogP contribution in [-0.2, 0) is 19.1 Å². The van der Waals surface area contributed by atoms with E-state index in [9.17, 15) is 9.59 Å². The molecular formula is C26H36O4. The van der Waals surface area contributed by atoms with Crippen LogP contribution in [0.4, 0.5) is 0 Å². The van der Waals surface area contributed by atoms with Crippen LogP contribution in [0.25, 0.3) is 0 Å². The van der Waals surface area contributed by atoms with Gasteiger partial charge in [0.15, 0.2) is 0 Å². The zero-order valence-electron chi connectivity index (χ0n) is 18.0. The molecule has 8 unspecified atom stereocenters. The molecule has 164 valence electrons. The average molecular weight is 413 g/mol. The van der Waals surface area contributed by atoms with Gasteiger partial charge in [-0.05, 0) is 99.7 Å². The number of ether oxygens (including phenoxy) is 2. The lowest BCUT2D eigenvalue weighted by Crippen LogP contribution is -2.46. The Hall–Kier alpha value is -1.32. The maximum Gasteiger partial charge on any atom is 0.310 e. The van der Waals surface area contributed by atoms with Gasteiger partial charge in [-0.1, -0.05) is 25.0 Å². The highest BCUT2D eigenvalue weighted by Gasteiger charge is 2.68. The molecule has 4 heteroatoms. The predicted molar refractivity (Wildman–Crippen MR) is 112 cm³/mol. The maximum absolute atomic E-state index is 13.5. The molecular weight excluding hydrogens is 376 g/mol. The average Bonchev–Trinajstić information content (AvgIpc) is 3.53. The minimum atomic E-state index is -0.262. The van der Waals surface area contributed by atoms with Crippen molar-refractivity contribution in [3.8, 4) is 0 Å². The summed E-state index contributed by atoms with van der Waals surface area (Å²) in [5.74, 6) is 2.38. The molecule has 0 saturated heterocycles. The third kappa shape index (κ3) is 3.07. The van der Waals surface area contributed by atoms with Crippen molar-refractivity contribution in [3.05, 3.63) is 12.2 Å². The standard InChI is InChI=1S/C26H36O4/c27-25(29-17-7-3-1-4-8-17)23-19-14-20(22-16-12-11-15(13-16)21(19)22)24(23)26(28)30-18-9-5-2-6-10-18/h11-12,15-24H,1-10,13-14H2. The lowest BCUT2D eigenvalue weighted by molar-refractivity contribution is -0.173. The van der Waals surface area contributed by atoms with Crippen molar-refractivity contribution in [1.82, 2.24) is 0 Å². The first-order chi connectivity index (χ1) is 14.7. The van der Waals surface area contributed by atoms with Gasteiger partial charge in [0.05, 0.1) is 11.8 Å². The van der Waals surface area contributed by atoms with Crippen molar-refractivity contribution >= 4 is 11.9 Å². The minimum absolute atomic E-state index is 0.0658. The van der Waals surface area contributed by atoms with Crippen LogP contribution in [0.2, 0.25) is 0 Å². The molecule has 0 amide bonds. The summed E-state index contributed by atoms with van der Waals surface area (Å²) in [5.41, 5.74) is 0. The Morgan fingerprint density at radius 1 is 0.600 bits per heavy atom. The van der Waals surface area contributed by atoms with Crippen LogP contribution in [-0.4, -0.2) is 24.1 Å². The fourth-order valence-electron chi connectivity index (χ4n) is 8.53. The lowest BCUT2D eigenvalue weighted by Gasteiger charge is -2.40. The molecule has 6 rings (SSSR count). The Bertz CT molecular complexity index is 659. The second-order valence-corrected chi connectivity index (χ2v) is 11.1. The van der Waals surface area contributed by atoms with Gasteiger partial charge in [0, 0.05) is 0 Å². The summed E-state index contributed by atoms with van der Waals surface area (Å²) in [6.07, 6.45) is 18.2. The molecule has 0 aromatic rings. The number of esters is 2. The molecule has 30 heavy (non-hydrogen) atoms. The van der Waals surface area contributed by atoms with Gasteiger partial charge >= 0.3 is 11.9 Å². The summed E-state index contributed by atoms with van der Waals surface area (Å²) in [6, 6.07) is 0. The molecule has 0 aromatic heterocycles. The first-order valence-corrected chi connectivity index (χ1v) is 12.8. The molecule has 0 radical (unpaired) electrons. The molecule has 6 aliphatic rings. The monoisotopic (exact) mass is 412 g/mol. The van der Waals surface area contributed by atoms with Crippen LogP contribution in [0.3, 0.4) is 0 Å². The van der Waals surface area contributed by atoms with Crippen molar-refractivity contribution in [2.24, 2.45) is 47.3 Å². The highest BCUT2D eigenvalue weighted by Crippen LogP contribution is 2.69. The zero-order chi connectivity index (χ0) is 20.2. The molecule has 4 nitrogen and oxygen atoms in total. The molecule has 0 spiro atoms. The summed E-state index contributed by atoms with van der Waals surface area (Å²) >= 11 is 0. The van der Waals surface area contributed by atoms with Crippen LogP contribution >= 0.6 is 0 Å². The topological polar surface area (TPSA) is 52.6 Å². The van der Waals surface area contributed by atoms with Crippen LogP contribution in [0.5, 0.6) is 0 Å². The van der Waals surface area contributed by atoms with Crippen molar-refractivity contribution in [1.29, 1.82) is 0 Å². The molecule has 4 bridgehead atoms. The van der Waals surface area contributed by atoms with Gasteiger partial charge < -0.3 is 9.47 Å². The second-order valence-electron chi connectivity index (χ2n) is 11.1. The molecule has 8 atom stereocenters. The van der Waals surface area contributed by atoms with E-state index in [0.717, 1.165) is 57.8 Å². The van der Waals surface area contributed by atoms with Crippen molar-refractivity contribution in [2.75, 3.05) is 0 Å². The molecule has 0 aliphatic heterocycles. The third-order valence-electron chi connectivity index (χ3n) is 9.64. The zero-order valence-corrected chi connectivity index (χ0v) is 18.0. The van der Waals surface area contributed by atoms with Gasteiger partial charge in [-0.15, -0.1) is 0 Å². The Labute approximate surface area is 180 Å². The van der Waals surface area contributed by atoms with Crippen molar-refractivity contribution in [2.45, 2.75) is 89.3 Å². The summed E-state index contributed by atoms with van der Waals surface area (Å²) in [7, 11) is 0. The molecule has 0 aromatic carbocycles. The van der Waals surface area contributed by atoms with Crippen LogP contribution in [0, 0.1) is 47.3 Å². The van der Waals surface area contributed by atoms with Crippen LogP contribution in [0.15, 0.2) is 12.2 Å². The minimum Gasteiger partial charge on any atom is -0.462 e. The summed E-state index contributed by atoms with van der Waals surface area (Å²) in [4.78, 5) is 26.9. The van der Waals surface area contributed by atoms with Gasteiger partial charge in [-0.2, -0.15) is 0 Å². The molecule has 0 heterocycles. The number of allylic oxidation sites excluding steroid dienone is 2. The maximum atomic E-state index is 13.5. The van der Waals surface area contributed by atoms with E-state index in [-0.39, 0.29) is 36.0 Å². The quantitative estimate of drug-likeness (QED) is 0.368. The first kappa shape index (κ1) is 19.4.